The van der Waals surface area contributed by atoms with Crippen molar-refractivity contribution in [2.45, 2.75) is 26.4 Å². The molecule has 0 aliphatic carbocycles. The molecule has 1 aliphatic heterocycles. The summed E-state index contributed by atoms with van der Waals surface area (Å²) in [7, 11) is 0. The number of amides is 1. The Kier molecular flexibility index (Phi) is 5.65. The van der Waals surface area contributed by atoms with Gasteiger partial charge in [0.25, 0.3) is 5.91 Å². The number of rotatable bonds is 5. The third-order valence-electron chi connectivity index (χ3n) is 4.57. The van der Waals surface area contributed by atoms with E-state index in [0.29, 0.717) is 19.1 Å². The van der Waals surface area contributed by atoms with Crippen molar-refractivity contribution >= 4 is 5.91 Å². The van der Waals surface area contributed by atoms with E-state index in [-0.39, 0.29) is 5.91 Å². The SMILES string of the molecule is Cc1ccc(C(=O)N2CCCC(COCc3ccccc3)C2)cc1. The van der Waals surface area contributed by atoms with Gasteiger partial charge in [-0.2, -0.15) is 0 Å². The number of ether oxygens (including phenoxy) is 1. The van der Waals surface area contributed by atoms with Gasteiger partial charge in [0.15, 0.2) is 0 Å². The van der Waals surface area contributed by atoms with Crippen LogP contribution in [0.2, 0.25) is 0 Å². The fourth-order valence-electron chi connectivity index (χ4n) is 3.18. The summed E-state index contributed by atoms with van der Waals surface area (Å²) in [4.78, 5) is 14.6. The van der Waals surface area contributed by atoms with Crippen molar-refractivity contribution in [2.24, 2.45) is 5.92 Å². The van der Waals surface area contributed by atoms with E-state index in [1.807, 2.05) is 54.3 Å². The lowest BCUT2D eigenvalue weighted by Crippen LogP contribution is -2.41. The summed E-state index contributed by atoms with van der Waals surface area (Å²) in [6.45, 7) is 5.04. The van der Waals surface area contributed by atoms with E-state index in [4.69, 9.17) is 4.74 Å². The zero-order valence-corrected chi connectivity index (χ0v) is 14.3. The molecule has 0 spiro atoms. The molecule has 1 amide bonds. The number of aryl methyl sites for hydroxylation is 1. The highest BCUT2D eigenvalue weighted by Crippen LogP contribution is 2.19. The van der Waals surface area contributed by atoms with Crippen LogP contribution in [0.25, 0.3) is 0 Å². The first-order chi connectivity index (χ1) is 11.7. The molecule has 2 aromatic rings. The van der Waals surface area contributed by atoms with Crippen molar-refractivity contribution in [3.8, 4) is 0 Å². The quantitative estimate of drug-likeness (QED) is 0.830. The summed E-state index contributed by atoms with van der Waals surface area (Å²) in [5, 5.41) is 0. The average Bonchev–Trinajstić information content (AvgIpc) is 2.63. The minimum absolute atomic E-state index is 0.141. The zero-order valence-electron chi connectivity index (χ0n) is 14.3. The van der Waals surface area contributed by atoms with Crippen molar-refractivity contribution in [1.82, 2.24) is 4.90 Å². The lowest BCUT2D eigenvalue weighted by molar-refractivity contribution is 0.0425. The molecule has 3 nitrogen and oxygen atoms in total. The monoisotopic (exact) mass is 323 g/mol. The molecule has 1 saturated heterocycles. The predicted molar refractivity (Wildman–Crippen MR) is 95.9 cm³/mol. The zero-order chi connectivity index (χ0) is 16.8. The molecule has 0 saturated carbocycles. The summed E-state index contributed by atoms with van der Waals surface area (Å²) in [5.74, 6) is 0.569. The number of carbonyl (C=O) groups is 1. The van der Waals surface area contributed by atoms with Gasteiger partial charge in [0.2, 0.25) is 0 Å². The van der Waals surface area contributed by atoms with Crippen molar-refractivity contribution < 1.29 is 9.53 Å². The molecule has 2 aromatic carbocycles. The maximum atomic E-state index is 12.6. The van der Waals surface area contributed by atoms with E-state index >= 15 is 0 Å². The number of carbonyl (C=O) groups excluding carboxylic acids is 1. The first-order valence-electron chi connectivity index (χ1n) is 8.70. The highest BCUT2D eigenvalue weighted by atomic mass is 16.5. The Morgan fingerprint density at radius 3 is 2.62 bits per heavy atom. The smallest absolute Gasteiger partial charge is 0.253 e. The number of nitrogens with zero attached hydrogens (tertiary/aromatic N) is 1. The molecule has 1 aliphatic rings. The average molecular weight is 323 g/mol. The molecular formula is C21H25NO2. The Morgan fingerprint density at radius 1 is 1.12 bits per heavy atom. The number of benzene rings is 2. The molecule has 0 radical (unpaired) electrons. The van der Waals surface area contributed by atoms with Crippen LogP contribution >= 0.6 is 0 Å². The molecule has 3 rings (SSSR count). The Labute approximate surface area is 144 Å². The van der Waals surface area contributed by atoms with Gasteiger partial charge in [-0.05, 0) is 43.4 Å². The molecule has 1 fully saturated rings. The van der Waals surface area contributed by atoms with Crippen LogP contribution in [0.4, 0.5) is 0 Å². The van der Waals surface area contributed by atoms with Gasteiger partial charge < -0.3 is 9.64 Å². The van der Waals surface area contributed by atoms with Gasteiger partial charge in [-0.25, -0.2) is 0 Å². The largest absolute Gasteiger partial charge is 0.376 e. The third kappa shape index (κ3) is 4.45. The molecule has 0 N–H and O–H groups in total. The molecular weight excluding hydrogens is 298 g/mol. The highest BCUT2D eigenvalue weighted by Gasteiger charge is 2.24. The van der Waals surface area contributed by atoms with Crippen LogP contribution < -0.4 is 0 Å². The van der Waals surface area contributed by atoms with Crippen LogP contribution in [0, 0.1) is 12.8 Å². The summed E-state index contributed by atoms with van der Waals surface area (Å²) >= 11 is 0. The van der Waals surface area contributed by atoms with Gasteiger partial charge >= 0.3 is 0 Å². The molecule has 1 unspecified atom stereocenters. The fourth-order valence-corrected chi connectivity index (χ4v) is 3.18. The molecule has 1 heterocycles. The topological polar surface area (TPSA) is 29.5 Å². The van der Waals surface area contributed by atoms with Crippen molar-refractivity contribution in [2.75, 3.05) is 19.7 Å². The molecule has 24 heavy (non-hydrogen) atoms. The predicted octanol–water partition coefficient (Wildman–Crippen LogP) is 4.06. The highest BCUT2D eigenvalue weighted by molar-refractivity contribution is 5.94. The fraction of sp³-hybridized carbons (Fsp3) is 0.381. The Bertz CT molecular complexity index is 651. The van der Waals surface area contributed by atoms with Gasteiger partial charge in [-0.15, -0.1) is 0 Å². The molecule has 126 valence electrons. The van der Waals surface area contributed by atoms with E-state index < -0.39 is 0 Å². The molecule has 0 aromatic heterocycles. The molecule has 0 bridgehead atoms. The van der Waals surface area contributed by atoms with Crippen LogP contribution in [-0.4, -0.2) is 30.5 Å². The normalized spacial score (nSPS) is 17.7. The second-order valence-corrected chi connectivity index (χ2v) is 6.63. The van der Waals surface area contributed by atoms with Crippen LogP contribution in [0.15, 0.2) is 54.6 Å². The lowest BCUT2D eigenvalue weighted by atomic mass is 9.98. The minimum Gasteiger partial charge on any atom is -0.376 e. The van der Waals surface area contributed by atoms with E-state index in [0.717, 1.165) is 31.5 Å². The maximum Gasteiger partial charge on any atom is 0.253 e. The van der Waals surface area contributed by atoms with E-state index in [9.17, 15) is 4.79 Å². The number of likely N-dealkylation sites (tertiary alicyclic amines) is 1. The van der Waals surface area contributed by atoms with E-state index in [2.05, 4.69) is 12.1 Å². The van der Waals surface area contributed by atoms with Crippen LogP contribution in [0.1, 0.15) is 34.3 Å². The van der Waals surface area contributed by atoms with Crippen LogP contribution in [0.5, 0.6) is 0 Å². The number of piperidine rings is 1. The van der Waals surface area contributed by atoms with Crippen LogP contribution in [0.3, 0.4) is 0 Å². The van der Waals surface area contributed by atoms with Crippen molar-refractivity contribution in [3.63, 3.8) is 0 Å². The summed E-state index contributed by atoms with van der Waals surface area (Å²) in [6.07, 6.45) is 2.18. The number of hydrogen-bond acceptors (Lipinski definition) is 2. The second kappa shape index (κ2) is 8.11. The van der Waals surface area contributed by atoms with Gasteiger partial charge in [-0.1, -0.05) is 48.0 Å². The maximum absolute atomic E-state index is 12.6. The Morgan fingerprint density at radius 2 is 1.88 bits per heavy atom. The Hall–Kier alpha value is -2.13. The number of hydrogen-bond donors (Lipinski definition) is 0. The summed E-state index contributed by atoms with van der Waals surface area (Å²) in [6, 6.07) is 18.1. The minimum atomic E-state index is 0.141. The third-order valence-corrected chi connectivity index (χ3v) is 4.57. The van der Waals surface area contributed by atoms with Gasteiger partial charge in [-0.3, -0.25) is 4.79 Å². The van der Waals surface area contributed by atoms with E-state index in [1.54, 1.807) is 0 Å². The van der Waals surface area contributed by atoms with E-state index in [1.165, 1.54) is 11.1 Å². The summed E-state index contributed by atoms with van der Waals surface area (Å²) in [5.41, 5.74) is 3.16. The van der Waals surface area contributed by atoms with Crippen molar-refractivity contribution in [1.29, 1.82) is 0 Å². The molecule has 3 heteroatoms. The van der Waals surface area contributed by atoms with Crippen LogP contribution in [-0.2, 0) is 11.3 Å². The van der Waals surface area contributed by atoms with Gasteiger partial charge in [0, 0.05) is 18.7 Å². The second-order valence-electron chi connectivity index (χ2n) is 6.63. The summed E-state index contributed by atoms with van der Waals surface area (Å²) < 4.78 is 5.87. The standard InChI is InChI=1S/C21H25NO2/c1-17-9-11-20(12-10-17)21(23)22-13-5-8-19(14-22)16-24-15-18-6-3-2-4-7-18/h2-4,6-7,9-12,19H,5,8,13-16H2,1H3. The van der Waals surface area contributed by atoms with Gasteiger partial charge in [0.1, 0.15) is 0 Å². The Balaban J connectivity index is 1.50. The van der Waals surface area contributed by atoms with Crippen molar-refractivity contribution in [3.05, 3.63) is 71.3 Å². The molecule has 1 atom stereocenters. The first-order valence-corrected chi connectivity index (χ1v) is 8.70. The van der Waals surface area contributed by atoms with Gasteiger partial charge in [0.05, 0.1) is 13.2 Å². The lowest BCUT2D eigenvalue weighted by Gasteiger charge is -2.32. The first kappa shape index (κ1) is 16.7.